The lowest BCUT2D eigenvalue weighted by Gasteiger charge is -2.24. The topological polar surface area (TPSA) is 0 Å². The van der Waals surface area contributed by atoms with Crippen molar-refractivity contribution in [1.82, 2.24) is 0 Å². The Morgan fingerprint density at radius 1 is 1.29 bits per heavy atom. The van der Waals surface area contributed by atoms with Crippen LogP contribution in [0, 0.1) is 0 Å². The lowest BCUT2D eigenvalue weighted by molar-refractivity contribution is 0.704. The molecule has 0 heterocycles. The van der Waals surface area contributed by atoms with Crippen LogP contribution in [0.15, 0.2) is 72.4 Å². The fourth-order valence-corrected chi connectivity index (χ4v) is 5.53. The van der Waals surface area contributed by atoms with Crippen LogP contribution >= 0.6 is 7.26 Å². The molecule has 1 atom stereocenters. The van der Waals surface area contributed by atoms with Crippen LogP contribution < -0.4 is 0 Å². The van der Waals surface area contributed by atoms with Crippen molar-refractivity contribution in [3.63, 3.8) is 0 Å². The molecule has 0 aliphatic heterocycles. The quantitative estimate of drug-likeness (QED) is 0.247. The smallest absolute Gasteiger partial charge is 0.0985 e. The monoisotopic (exact) mass is 301 g/mol. The van der Waals surface area contributed by atoms with Crippen LogP contribution in [0.2, 0.25) is 0 Å². The van der Waals surface area contributed by atoms with E-state index in [1.165, 1.54) is 42.5 Å². The first kappa shape index (κ1) is 17.9. The predicted molar refractivity (Wildman–Crippen MR) is 101 cm³/mol. The Labute approximate surface area is 132 Å². The predicted octanol–water partition coefficient (Wildman–Crippen LogP) is 6.87. The maximum Gasteiger partial charge on any atom is 0.0985 e. The summed E-state index contributed by atoms with van der Waals surface area (Å²) in [6, 6.07) is 0. The van der Waals surface area contributed by atoms with E-state index in [1.807, 2.05) is 12.2 Å². The highest BCUT2D eigenvalue weighted by atomic mass is 31.2. The first-order valence-electron chi connectivity index (χ1n) is 8.03. The van der Waals surface area contributed by atoms with Crippen molar-refractivity contribution in [1.29, 1.82) is 0 Å². The molecule has 0 nitrogen and oxygen atoms in total. The summed E-state index contributed by atoms with van der Waals surface area (Å²) in [5.74, 6) is 0. The number of hydrogen-bond acceptors (Lipinski definition) is 0. The van der Waals surface area contributed by atoms with E-state index in [9.17, 15) is 0 Å². The van der Waals surface area contributed by atoms with E-state index in [0.29, 0.717) is 0 Å². The third-order valence-electron chi connectivity index (χ3n) is 4.05. The van der Waals surface area contributed by atoms with Crippen LogP contribution in [0.25, 0.3) is 0 Å². The minimum atomic E-state index is -1.34. The van der Waals surface area contributed by atoms with Crippen LogP contribution in [0.5, 0.6) is 0 Å². The molecule has 1 aliphatic carbocycles. The third kappa shape index (κ3) is 5.64. The van der Waals surface area contributed by atoms with Gasteiger partial charge in [-0.15, -0.1) is 0 Å². The summed E-state index contributed by atoms with van der Waals surface area (Å²) in [7, 11) is -1.34. The molecule has 0 fully saturated rings. The third-order valence-corrected chi connectivity index (χ3v) is 8.12. The summed E-state index contributed by atoms with van der Waals surface area (Å²) >= 11 is 0. The largest absolute Gasteiger partial charge is 0.0991 e. The van der Waals surface area contributed by atoms with Crippen molar-refractivity contribution in [2.24, 2.45) is 0 Å². The maximum absolute atomic E-state index is 4.38. The first-order valence-corrected chi connectivity index (χ1v) is 10.5. The summed E-state index contributed by atoms with van der Waals surface area (Å²) in [4.78, 5) is 0. The fraction of sp³-hybridized carbons (Fsp3) is 0.400. The van der Waals surface area contributed by atoms with E-state index in [0.717, 1.165) is 6.42 Å². The van der Waals surface area contributed by atoms with E-state index in [-0.39, 0.29) is 0 Å². The Hall–Kier alpha value is -1.13. The Balaban J connectivity index is 2.94. The Morgan fingerprint density at radius 3 is 2.81 bits per heavy atom. The van der Waals surface area contributed by atoms with Gasteiger partial charge in [-0.1, -0.05) is 63.3 Å². The van der Waals surface area contributed by atoms with Gasteiger partial charge in [-0.3, -0.25) is 0 Å². The molecule has 0 aromatic rings. The average molecular weight is 301 g/mol. The normalized spacial score (nSPS) is 17.3. The van der Waals surface area contributed by atoms with E-state index < -0.39 is 7.26 Å². The number of rotatable bonds is 9. The van der Waals surface area contributed by atoms with Crippen LogP contribution in [0.3, 0.4) is 0 Å². The van der Waals surface area contributed by atoms with E-state index in [1.54, 1.807) is 0 Å². The highest BCUT2D eigenvalue weighted by molar-refractivity contribution is 7.83. The van der Waals surface area contributed by atoms with Gasteiger partial charge in [-0.05, 0) is 37.5 Å². The molecule has 0 aromatic heterocycles. The van der Waals surface area contributed by atoms with Gasteiger partial charge in [0.25, 0.3) is 0 Å². The molecule has 0 saturated heterocycles. The molecule has 21 heavy (non-hydrogen) atoms. The SMILES string of the molecule is C=C/C=C\C(=C)[P+](C)(CCCCCC)C1=CC=CCC=C1. The van der Waals surface area contributed by atoms with Gasteiger partial charge in [-0.25, -0.2) is 0 Å². The second-order valence-corrected chi connectivity index (χ2v) is 9.64. The lowest BCUT2D eigenvalue weighted by Crippen LogP contribution is -2.01. The van der Waals surface area contributed by atoms with Crippen molar-refractivity contribution in [3.05, 3.63) is 72.4 Å². The lowest BCUT2D eigenvalue weighted by atomic mass is 10.2. The van der Waals surface area contributed by atoms with Crippen molar-refractivity contribution >= 4 is 7.26 Å². The molecule has 0 aromatic carbocycles. The minimum absolute atomic E-state index is 1.03. The molecule has 1 aliphatic rings. The zero-order valence-corrected chi connectivity index (χ0v) is 14.6. The van der Waals surface area contributed by atoms with Crippen LogP contribution in [0.1, 0.15) is 39.0 Å². The second kappa shape index (κ2) is 9.74. The van der Waals surface area contributed by atoms with Gasteiger partial charge in [0.1, 0.15) is 0 Å². The molecule has 0 spiro atoms. The maximum atomic E-state index is 4.38. The van der Waals surface area contributed by atoms with Gasteiger partial charge in [0.15, 0.2) is 0 Å². The first-order chi connectivity index (χ1) is 10.1. The molecule has 0 bridgehead atoms. The standard InChI is InChI=1S/C20H30P/c1-5-7-9-14-18-21(4,19(3)15-8-6-2)20-16-12-10-11-13-17-20/h6,8,10,12-13,15-17H,2-3,5,7,9,11,14,18H2,1,4H3/q+1/b15-8-. The highest BCUT2D eigenvalue weighted by Crippen LogP contribution is 2.69. The van der Waals surface area contributed by atoms with Gasteiger partial charge in [-0.2, -0.15) is 0 Å². The Bertz CT molecular complexity index is 462. The summed E-state index contributed by atoms with van der Waals surface area (Å²) in [6.45, 7) is 12.9. The second-order valence-electron chi connectivity index (χ2n) is 5.72. The van der Waals surface area contributed by atoms with Gasteiger partial charge in [0.05, 0.1) is 30.7 Å². The molecule has 1 rings (SSSR count). The van der Waals surface area contributed by atoms with Gasteiger partial charge in [0, 0.05) is 0 Å². The molecule has 1 heteroatoms. The molecule has 114 valence electrons. The van der Waals surface area contributed by atoms with Gasteiger partial charge < -0.3 is 0 Å². The number of unbranched alkanes of at least 4 members (excludes halogenated alkanes) is 3. The zero-order valence-electron chi connectivity index (χ0n) is 13.7. The average Bonchev–Trinajstić information content (AvgIpc) is 2.78. The summed E-state index contributed by atoms with van der Waals surface area (Å²) in [6.07, 6.45) is 24.9. The van der Waals surface area contributed by atoms with Gasteiger partial charge in [0.2, 0.25) is 0 Å². The van der Waals surface area contributed by atoms with E-state index in [4.69, 9.17) is 0 Å². The van der Waals surface area contributed by atoms with Crippen molar-refractivity contribution in [2.75, 3.05) is 12.8 Å². The van der Waals surface area contributed by atoms with E-state index in [2.05, 4.69) is 63.2 Å². The molecule has 0 N–H and O–H groups in total. The molecular formula is C20H30P+. The Kier molecular flexibility index (Phi) is 8.31. The highest BCUT2D eigenvalue weighted by Gasteiger charge is 2.37. The molecule has 0 radical (unpaired) electrons. The number of hydrogen-bond donors (Lipinski definition) is 0. The summed E-state index contributed by atoms with van der Waals surface area (Å²) in [5.41, 5.74) is 0. The molecule has 1 unspecified atom stereocenters. The van der Waals surface area contributed by atoms with Crippen LogP contribution in [-0.2, 0) is 0 Å². The van der Waals surface area contributed by atoms with Crippen LogP contribution in [0.4, 0.5) is 0 Å². The van der Waals surface area contributed by atoms with Gasteiger partial charge >= 0.3 is 0 Å². The molecule has 0 saturated carbocycles. The van der Waals surface area contributed by atoms with Crippen molar-refractivity contribution in [2.45, 2.75) is 39.0 Å². The van der Waals surface area contributed by atoms with Crippen molar-refractivity contribution in [3.8, 4) is 0 Å². The van der Waals surface area contributed by atoms with E-state index >= 15 is 0 Å². The zero-order chi connectivity index (χ0) is 15.6. The summed E-state index contributed by atoms with van der Waals surface area (Å²) in [5, 5.41) is 2.76. The van der Waals surface area contributed by atoms with Crippen molar-refractivity contribution < 1.29 is 0 Å². The fourth-order valence-electron chi connectivity index (χ4n) is 2.53. The summed E-state index contributed by atoms with van der Waals surface area (Å²) < 4.78 is 0. The minimum Gasteiger partial charge on any atom is -0.0991 e. The number of allylic oxidation sites excluding steroid dienone is 10. The molecular weight excluding hydrogens is 271 g/mol. The molecule has 0 amide bonds. The Morgan fingerprint density at radius 2 is 2.10 bits per heavy atom. The van der Waals surface area contributed by atoms with Crippen LogP contribution in [-0.4, -0.2) is 12.8 Å².